The Kier molecular flexibility index (Phi) is 9.33. The van der Waals surface area contributed by atoms with Crippen LogP contribution in [0.3, 0.4) is 0 Å². The number of benzene rings is 3. The smallest absolute Gasteiger partial charge is 0.205 e. The fourth-order valence-corrected chi connectivity index (χ4v) is 7.91. The summed E-state index contributed by atoms with van der Waals surface area (Å²) < 4.78 is 24.0. The monoisotopic (exact) mass is 722 g/mol. The van der Waals surface area contributed by atoms with Crippen molar-refractivity contribution in [2.75, 3.05) is 0 Å². The molecule has 4 N–H and O–H groups in total. The molecule has 2 aliphatic carbocycles. The Morgan fingerprint density at radius 1 is 0.630 bits per heavy atom. The third-order valence-corrected chi connectivity index (χ3v) is 10.5. The van der Waals surface area contributed by atoms with Crippen LogP contribution in [0.5, 0.6) is 11.5 Å². The zero-order valence-corrected chi connectivity index (χ0v) is 30.8. The molecular formula is C44H42N4O6. The number of carbonyl (C=O) groups excluding carboxylic acids is 2. The van der Waals surface area contributed by atoms with E-state index in [1.165, 1.54) is 0 Å². The number of carbonyl (C=O) groups is 2. The van der Waals surface area contributed by atoms with Gasteiger partial charge in [0.1, 0.15) is 59.5 Å². The molecule has 2 heterocycles. The van der Waals surface area contributed by atoms with Gasteiger partial charge in [-0.3, -0.25) is 9.59 Å². The summed E-state index contributed by atoms with van der Waals surface area (Å²) in [6.45, 7) is 8.64. The highest BCUT2D eigenvalue weighted by molar-refractivity contribution is 6.00. The van der Waals surface area contributed by atoms with E-state index < -0.39 is 11.8 Å². The summed E-state index contributed by atoms with van der Waals surface area (Å²) in [5.41, 5.74) is 16.7. The maximum absolute atomic E-state index is 13.3. The average molecular weight is 723 g/mol. The van der Waals surface area contributed by atoms with Crippen LogP contribution in [-0.2, 0) is 32.3 Å². The zero-order valence-electron chi connectivity index (χ0n) is 30.8. The Labute approximate surface area is 314 Å². The van der Waals surface area contributed by atoms with Gasteiger partial charge >= 0.3 is 0 Å². The average Bonchev–Trinajstić information content (AvgIpc) is 3.11. The van der Waals surface area contributed by atoms with E-state index in [1.807, 2.05) is 100 Å². The minimum Gasteiger partial charge on any atom is -0.489 e. The maximum Gasteiger partial charge on any atom is 0.205 e. The first-order chi connectivity index (χ1) is 25.8. The molecule has 0 radical (unpaired) electrons. The molecule has 2 aliphatic heterocycles. The van der Waals surface area contributed by atoms with Crippen molar-refractivity contribution in [3.05, 3.63) is 141 Å². The molecule has 3 aromatic rings. The second kappa shape index (κ2) is 13.9. The van der Waals surface area contributed by atoms with E-state index in [-0.39, 0.29) is 58.5 Å². The molecule has 0 fully saturated rings. The van der Waals surface area contributed by atoms with Crippen molar-refractivity contribution in [2.45, 2.75) is 78.4 Å². The molecular weight excluding hydrogens is 681 g/mol. The standard InChI is InChI=1S/C44H42N4O6/c1-43(2)17-33(49)39-35(19-43)53-41(47)31(21-45)37(39)25-9-13-29(14-10-25)51-23-27-7-5-6-8-28(27)24-52-30-15-11-26(12-16-30)38-32(22-46)42(48)54-36-20-44(3,4)18-34(50)40(36)38/h5-16,37-38H,17-20,23-24,47-48H2,1-4H3. The van der Waals surface area contributed by atoms with Gasteiger partial charge in [-0.15, -0.1) is 0 Å². The number of ether oxygens (including phenoxy) is 4. The van der Waals surface area contributed by atoms with Crippen LogP contribution in [-0.4, -0.2) is 11.6 Å². The van der Waals surface area contributed by atoms with Gasteiger partial charge in [-0.05, 0) is 57.3 Å². The summed E-state index contributed by atoms with van der Waals surface area (Å²) in [4.78, 5) is 26.6. The van der Waals surface area contributed by atoms with Crippen LogP contribution in [0.1, 0.15) is 87.5 Å². The molecule has 274 valence electrons. The predicted octanol–water partition coefficient (Wildman–Crippen LogP) is 7.75. The zero-order chi connectivity index (χ0) is 38.4. The highest BCUT2D eigenvalue weighted by Gasteiger charge is 2.44. The number of hydrogen-bond donors (Lipinski definition) is 2. The first-order valence-corrected chi connectivity index (χ1v) is 18.0. The lowest BCUT2D eigenvalue weighted by atomic mass is 9.70. The number of nitrogens with zero attached hydrogens (tertiary/aromatic N) is 2. The van der Waals surface area contributed by atoms with Crippen molar-refractivity contribution in [2.24, 2.45) is 22.3 Å². The molecule has 0 bridgehead atoms. The maximum atomic E-state index is 13.3. The molecule has 0 aromatic heterocycles. The summed E-state index contributed by atoms with van der Waals surface area (Å²) in [5.74, 6) is 1.13. The summed E-state index contributed by atoms with van der Waals surface area (Å²) in [6, 6.07) is 26.9. The van der Waals surface area contributed by atoms with Gasteiger partial charge in [-0.25, -0.2) is 0 Å². The van der Waals surface area contributed by atoms with Gasteiger partial charge in [0.15, 0.2) is 11.6 Å². The van der Waals surface area contributed by atoms with Crippen LogP contribution < -0.4 is 20.9 Å². The van der Waals surface area contributed by atoms with Crippen molar-refractivity contribution < 1.29 is 28.5 Å². The third kappa shape index (κ3) is 6.95. The van der Waals surface area contributed by atoms with E-state index in [0.29, 0.717) is 59.8 Å². The van der Waals surface area contributed by atoms with Gasteiger partial charge in [0, 0.05) is 36.8 Å². The lowest BCUT2D eigenvalue weighted by Crippen LogP contribution is -2.33. The Hall–Kier alpha value is -6.26. The van der Waals surface area contributed by atoms with Gasteiger partial charge in [0.05, 0.1) is 11.8 Å². The van der Waals surface area contributed by atoms with Crippen LogP contribution in [0.4, 0.5) is 0 Å². The van der Waals surface area contributed by atoms with Gasteiger partial charge in [-0.2, -0.15) is 10.5 Å². The number of rotatable bonds is 8. The van der Waals surface area contributed by atoms with E-state index in [4.69, 9.17) is 30.4 Å². The van der Waals surface area contributed by atoms with Crippen molar-refractivity contribution in [1.82, 2.24) is 0 Å². The van der Waals surface area contributed by atoms with Gasteiger partial charge in [0.2, 0.25) is 11.8 Å². The second-order valence-corrected chi connectivity index (χ2v) is 15.9. The molecule has 7 rings (SSSR count). The highest BCUT2D eigenvalue weighted by Crippen LogP contribution is 2.49. The van der Waals surface area contributed by atoms with Gasteiger partial charge in [0.25, 0.3) is 0 Å². The van der Waals surface area contributed by atoms with E-state index in [0.717, 1.165) is 22.3 Å². The van der Waals surface area contributed by atoms with Crippen LogP contribution in [0, 0.1) is 33.5 Å². The first kappa shape index (κ1) is 36.1. The summed E-state index contributed by atoms with van der Waals surface area (Å²) in [6.07, 6.45) is 1.86. The fraction of sp³-hybridized carbons (Fsp3) is 0.318. The molecule has 10 heteroatoms. The largest absolute Gasteiger partial charge is 0.489 e. The summed E-state index contributed by atoms with van der Waals surface area (Å²) in [5, 5.41) is 19.9. The quantitative estimate of drug-likeness (QED) is 0.234. The normalized spacial score (nSPS) is 21.7. The molecule has 2 atom stereocenters. The molecule has 2 unspecified atom stereocenters. The molecule has 0 spiro atoms. The van der Waals surface area contributed by atoms with Crippen LogP contribution in [0.15, 0.2) is 118 Å². The number of nitriles is 2. The second-order valence-electron chi connectivity index (χ2n) is 15.9. The Morgan fingerprint density at radius 2 is 1.00 bits per heavy atom. The summed E-state index contributed by atoms with van der Waals surface area (Å²) in [7, 11) is 0. The third-order valence-electron chi connectivity index (χ3n) is 10.5. The molecule has 54 heavy (non-hydrogen) atoms. The van der Waals surface area contributed by atoms with Crippen molar-refractivity contribution in [3.63, 3.8) is 0 Å². The summed E-state index contributed by atoms with van der Waals surface area (Å²) >= 11 is 0. The first-order valence-electron chi connectivity index (χ1n) is 18.0. The highest BCUT2D eigenvalue weighted by atomic mass is 16.5. The predicted molar refractivity (Wildman–Crippen MR) is 199 cm³/mol. The molecule has 0 amide bonds. The Balaban J connectivity index is 1.03. The number of Topliss-reactive ketones (excluding diaryl/α,β-unsaturated/α-hetero) is 2. The molecule has 4 aliphatic rings. The van der Waals surface area contributed by atoms with E-state index in [2.05, 4.69) is 12.1 Å². The van der Waals surface area contributed by atoms with E-state index >= 15 is 0 Å². The minimum absolute atomic E-state index is 0.0345. The molecule has 3 aromatic carbocycles. The van der Waals surface area contributed by atoms with Crippen molar-refractivity contribution in [3.8, 4) is 23.6 Å². The Morgan fingerprint density at radius 3 is 1.35 bits per heavy atom. The lowest BCUT2D eigenvalue weighted by Gasteiger charge is -2.37. The fourth-order valence-electron chi connectivity index (χ4n) is 7.91. The molecule has 0 saturated carbocycles. The topological polar surface area (TPSA) is 171 Å². The van der Waals surface area contributed by atoms with Gasteiger partial charge < -0.3 is 30.4 Å². The number of allylic oxidation sites excluding steroid dienone is 6. The van der Waals surface area contributed by atoms with E-state index in [1.54, 1.807) is 0 Å². The minimum atomic E-state index is -0.597. The van der Waals surface area contributed by atoms with Crippen molar-refractivity contribution >= 4 is 11.6 Å². The van der Waals surface area contributed by atoms with Gasteiger partial charge in [-0.1, -0.05) is 76.2 Å². The number of ketones is 2. The molecule has 10 nitrogen and oxygen atoms in total. The van der Waals surface area contributed by atoms with Crippen LogP contribution in [0.25, 0.3) is 0 Å². The number of nitrogens with two attached hydrogens (primary N) is 2. The van der Waals surface area contributed by atoms with Crippen molar-refractivity contribution in [1.29, 1.82) is 10.5 Å². The Bertz CT molecular complexity index is 2100. The van der Waals surface area contributed by atoms with Crippen LogP contribution >= 0.6 is 0 Å². The van der Waals surface area contributed by atoms with E-state index in [9.17, 15) is 20.1 Å². The lowest BCUT2D eigenvalue weighted by molar-refractivity contribution is -0.119. The van der Waals surface area contributed by atoms with Crippen LogP contribution in [0.2, 0.25) is 0 Å². The number of hydrogen-bond acceptors (Lipinski definition) is 10. The molecule has 0 saturated heterocycles. The SMILES string of the molecule is CC1(C)CC(=O)C2=C(C1)OC(N)=C(C#N)C2c1ccc(OCc2ccccc2COc2ccc(C3C(C#N)=C(N)OC4=C3C(=O)CC(C)(C)C4)cc2)cc1.